The molecule has 6 heteroatoms. The van der Waals surface area contributed by atoms with Gasteiger partial charge in [-0.2, -0.15) is 0 Å². The van der Waals surface area contributed by atoms with Crippen LogP contribution in [0.5, 0.6) is 11.5 Å². The summed E-state index contributed by atoms with van der Waals surface area (Å²) >= 11 is 0. The lowest BCUT2D eigenvalue weighted by Gasteiger charge is -2.24. The van der Waals surface area contributed by atoms with E-state index in [1.807, 2.05) is 0 Å². The van der Waals surface area contributed by atoms with Crippen LogP contribution >= 0.6 is 0 Å². The number of carboxylic acid groups (broad SMARTS) is 1. The Morgan fingerprint density at radius 1 is 1.35 bits per heavy atom. The molecule has 0 saturated carbocycles. The summed E-state index contributed by atoms with van der Waals surface area (Å²) in [7, 11) is 0. The molecule has 0 aromatic heterocycles. The van der Waals surface area contributed by atoms with Crippen molar-refractivity contribution in [3.05, 3.63) is 23.3 Å². The molecule has 0 aliphatic carbocycles. The summed E-state index contributed by atoms with van der Waals surface area (Å²) in [5, 5.41) is 8.93. The molecule has 0 fully saturated rings. The molecule has 1 N–H and O–H groups in total. The first-order valence-corrected chi connectivity index (χ1v) is 6.32. The molecular formula is C14H16F2O4. The van der Waals surface area contributed by atoms with Crippen LogP contribution in [0.2, 0.25) is 0 Å². The maximum Gasteiger partial charge on any atom is 0.306 e. The van der Waals surface area contributed by atoms with E-state index >= 15 is 0 Å². The Labute approximate surface area is 115 Å². The predicted octanol–water partition coefficient (Wildman–Crippen LogP) is 2.83. The Bertz CT molecular complexity index is 523. The van der Waals surface area contributed by atoms with E-state index in [9.17, 15) is 13.6 Å². The molecular weight excluding hydrogens is 270 g/mol. The Morgan fingerprint density at radius 3 is 2.40 bits per heavy atom. The molecule has 110 valence electrons. The van der Waals surface area contributed by atoms with Crippen molar-refractivity contribution in [2.45, 2.75) is 26.2 Å². The molecule has 0 bridgehead atoms. The highest BCUT2D eigenvalue weighted by molar-refractivity contribution is 5.70. The Kier molecular flexibility index (Phi) is 3.83. The van der Waals surface area contributed by atoms with Crippen molar-refractivity contribution in [3.8, 4) is 11.5 Å². The monoisotopic (exact) mass is 286 g/mol. The minimum Gasteiger partial charge on any atom is -0.486 e. The second-order valence-corrected chi connectivity index (χ2v) is 4.98. The molecule has 2 rings (SSSR count). The van der Waals surface area contributed by atoms with Crippen LogP contribution in [-0.4, -0.2) is 24.3 Å². The Morgan fingerprint density at radius 2 is 1.90 bits per heavy atom. The number of ether oxygens (including phenoxy) is 2. The number of hydrogen-bond acceptors (Lipinski definition) is 3. The van der Waals surface area contributed by atoms with Gasteiger partial charge in [0.15, 0.2) is 11.5 Å². The van der Waals surface area contributed by atoms with Crippen LogP contribution in [0.25, 0.3) is 0 Å². The van der Waals surface area contributed by atoms with Gasteiger partial charge in [0.05, 0.1) is 5.92 Å². The molecule has 1 aromatic rings. The molecule has 0 amide bonds. The lowest BCUT2D eigenvalue weighted by Crippen LogP contribution is -2.20. The maximum atomic E-state index is 13.7. The number of alkyl halides is 2. The maximum absolute atomic E-state index is 13.7. The smallest absolute Gasteiger partial charge is 0.306 e. The molecule has 1 atom stereocenters. The zero-order chi connectivity index (χ0) is 14.9. The van der Waals surface area contributed by atoms with Crippen LogP contribution in [0.3, 0.4) is 0 Å². The third kappa shape index (κ3) is 3.00. The van der Waals surface area contributed by atoms with Gasteiger partial charge in [0.2, 0.25) is 0 Å². The number of aliphatic carboxylic acids is 1. The number of carboxylic acids is 1. The van der Waals surface area contributed by atoms with Crippen LogP contribution in [0, 0.1) is 5.92 Å². The average Bonchev–Trinajstić information content (AvgIpc) is 2.36. The third-order valence-corrected chi connectivity index (χ3v) is 3.19. The van der Waals surface area contributed by atoms with Crippen LogP contribution in [0.1, 0.15) is 25.0 Å². The van der Waals surface area contributed by atoms with Crippen LogP contribution in [0.4, 0.5) is 8.78 Å². The lowest BCUT2D eigenvalue weighted by atomic mass is 9.93. The average molecular weight is 286 g/mol. The summed E-state index contributed by atoms with van der Waals surface area (Å²) in [5.74, 6) is -4.18. The molecule has 0 saturated heterocycles. The van der Waals surface area contributed by atoms with Crippen molar-refractivity contribution in [1.29, 1.82) is 0 Å². The summed E-state index contributed by atoms with van der Waals surface area (Å²) < 4.78 is 38.0. The second kappa shape index (κ2) is 5.26. The van der Waals surface area contributed by atoms with E-state index in [0.717, 1.165) is 6.92 Å². The molecule has 1 aliphatic rings. The molecule has 1 heterocycles. The van der Waals surface area contributed by atoms with Gasteiger partial charge in [0, 0.05) is 12.5 Å². The van der Waals surface area contributed by atoms with E-state index in [4.69, 9.17) is 14.6 Å². The molecule has 20 heavy (non-hydrogen) atoms. The molecule has 1 aliphatic heterocycles. The summed E-state index contributed by atoms with van der Waals surface area (Å²) in [5.41, 5.74) is 0.0616. The standard InChI is InChI=1S/C14H16F2O4/c1-8(13(17)18)5-9-6-11-12(20-4-3-19-11)7-10(9)14(2,15)16/h6-8H,3-5H2,1-2H3,(H,17,18). The van der Waals surface area contributed by atoms with Gasteiger partial charge in [0.25, 0.3) is 5.92 Å². The van der Waals surface area contributed by atoms with Gasteiger partial charge in [0.1, 0.15) is 13.2 Å². The van der Waals surface area contributed by atoms with Gasteiger partial charge >= 0.3 is 5.97 Å². The van der Waals surface area contributed by atoms with E-state index in [-0.39, 0.29) is 23.3 Å². The largest absolute Gasteiger partial charge is 0.486 e. The van der Waals surface area contributed by atoms with Gasteiger partial charge < -0.3 is 14.6 Å². The summed E-state index contributed by atoms with van der Waals surface area (Å²) in [6.07, 6.45) is 0.0186. The molecule has 4 nitrogen and oxygen atoms in total. The van der Waals surface area contributed by atoms with Crippen molar-refractivity contribution in [2.75, 3.05) is 13.2 Å². The van der Waals surface area contributed by atoms with Crippen molar-refractivity contribution in [2.24, 2.45) is 5.92 Å². The fourth-order valence-corrected chi connectivity index (χ4v) is 2.13. The zero-order valence-corrected chi connectivity index (χ0v) is 11.3. The highest BCUT2D eigenvalue weighted by atomic mass is 19.3. The van der Waals surface area contributed by atoms with E-state index in [1.165, 1.54) is 19.1 Å². The van der Waals surface area contributed by atoms with Crippen molar-refractivity contribution in [1.82, 2.24) is 0 Å². The fraction of sp³-hybridized carbons (Fsp3) is 0.500. The summed E-state index contributed by atoms with van der Waals surface area (Å²) in [4.78, 5) is 10.9. The summed E-state index contributed by atoms with van der Waals surface area (Å²) in [6, 6.07) is 2.71. The first kappa shape index (κ1) is 14.6. The molecule has 0 spiro atoms. The van der Waals surface area contributed by atoms with E-state index in [1.54, 1.807) is 0 Å². The van der Waals surface area contributed by atoms with E-state index < -0.39 is 17.8 Å². The zero-order valence-electron chi connectivity index (χ0n) is 11.3. The predicted molar refractivity (Wildman–Crippen MR) is 67.5 cm³/mol. The number of rotatable bonds is 4. The quantitative estimate of drug-likeness (QED) is 0.924. The minimum absolute atomic E-state index is 0.0186. The van der Waals surface area contributed by atoms with Crippen molar-refractivity contribution < 1.29 is 28.2 Å². The number of carbonyl (C=O) groups is 1. The summed E-state index contributed by atoms with van der Waals surface area (Å²) in [6.45, 7) is 2.93. The van der Waals surface area contributed by atoms with E-state index in [0.29, 0.717) is 19.0 Å². The second-order valence-electron chi connectivity index (χ2n) is 4.98. The van der Waals surface area contributed by atoms with Gasteiger partial charge in [-0.05, 0) is 24.1 Å². The van der Waals surface area contributed by atoms with Crippen LogP contribution < -0.4 is 9.47 Å². The van der Waals surface area contributed by atoms with Crippen molar-refractivity contribution in [3.63, 3.8) is 0 Å². The number of benzene rings is 1. The van der Waals surface area contributed by atoms with Gasteiger partial charge in [-0.15, -0.1) is 0 Å². The highest BCUT2D eigenvalue weighted by Gasteiger charge is 2.31. The van der Waals surface area contributed by atoms with Crippen LogP contribution in [-0.2, 0) is 17.1 Å². The molecule has 1 aromatic carbocycles. The van der Waals surface area contributed by atoms with Gasteiger partial charge in [-0.3, -0.25) is 4.79 Å². The normalized spacial score (nSPS) is 15.8. The van der Waals surface area contributed by atoms with Gasteiger partial charge in [-0.25, -0.2) is 8.78 Å². The fourth-order valence-electron chi connectivity index (χ4n) is 2.13. The Balaban J connectivity index is 2.44. The van der Waals surface area contributed by atoms with E-state index in [2.05, 4.69) is 0 Å². The lowest BCUT2D eigenvalue weighted by molar-refractivity contribution is -0.141. The first-order valence-electron chi connectivity index (χ1n) is 6.32. The van der Waals surface area contributed by atoms with Gasteiger partial charge in [-0.1, -0.05) is 6.92 Å². The first-order chi connectivity index (χ1) is 9.29. The topological polar surface area (TPSA) is 55.8 Å². The Hall–Kier alpha value is -1.85. The minimum atomic E-state index is -3.07. The highest BCUT2D eigenvalue weighted by Crippen LogP contribution is 2.40. The number of hydrogen-bond donors (Lipinski definition) is 1. The molecule has 1 unspecified atom stereocenters. The SMILES string of the molecule is CC(Cc1cc2c(cc1C(C)(F)F)OCCO2)C(=O)O. The van der Waals surface area contributed by atoms with Crippen molar-refractivity contribution >= 4 is 5.97 Å². The van der Waals surface area contributed by atoms with Crippen LogP contribution in [0.15, 0.2) is 12.1 Å². The number of halogens is 2. The third-order valence-electron chi connectivity index (χ3n) is 3.19. The molecule has 0 radical (unpaired) electrons. The number of fused-ring (bicyclic) bond motifs is 1.